The Bertz CT molecular complexity index is 658. The molecule has 0 bridgehead atoms. The standard InChI is InChI=1S/C16H15Cl2NO2/c1-19(16(20)11-4-3-5-13(17)8-11)10-12-9-14(18)6-7-15(12)21-2/h3-9H,10H2,1-2H3. The molecular weight excluding hydrogens is 309 g/mol. The van der Waals surface area contributed by atoms with Gasteiger partial charge in [-0.2, -0.15) is 0 Å². The minimum Gasteiger partial charge on any atom is -0.496 e. The van der Waals surface area contributed by atoms with Gasteiger partial charge in [0.05, 0.1) is 7.11 Å². The molecule has 0 aromatic heterocycles. The third-order valence-corrected chi connectivity index (χ3v) is 3.54. The van der Waals surface area contributed by atoms with E-state index in [9.17, 15) is 4.79 Å². The van der Waals surface area contributed by atoms with Crippen molar-refractivity contribution in [2.45, 2.75) is 6.54 Å². The third-order valence-electron chi connectivity index (χ3n) is 3.07. The highest BCUT2D eigenvalue weighted by Crippen LogP contribution is 2.24. The second-order valence-corrected chi connectivity index (χ2v) is 5.50. The summed E-state index contributed by atoms with van der Waals surface area (Å²) in [5, 5.41) is 1.14. The van der Waals surface area contributed by atoms with Crippen LogP contribution in [-0.2, 0) is 6.54 Å². The molecule has 0 saturated carbocycles. The van der Waals surface area contributed by atoms with E-state index in [2.05, 4.69) is 0 Å². The number of rotatable bonds is 4. The van der Waals surface area contributed by atoms with Crippen LogP contribution in [0.5, 0.6) is 5.75 Å². The molecule has 0 heterocycles. The molecule has 110 valence electrons. The molecule has 0 radical (unpaired) electrons. The molecule has 0 aliphatic heterocycles. The first-order valence-corrected chi connectivity index (χ1v) is 7.10. The van der Waals surface area contributed by atoms with E-state index in [0.29, 0.717) is 27.9 Å². The number of halogens is 2. The van der Waals surface area contributed by atoms with Gasteiger partial charge in [0.25, 0.3) is 5.91 Å². The van der Waals surface area contributed by atoms with Gasteiger partial charge in [-0.15, -0.1) is 0 Å². The first kappa shape index (κ1) is 15.7. The second kappa shape index (κ2) is 6.83. The van der Waals surface area contributed by atoms with Crippen LogP contribution in [0.25, 0.3) is 0 Å². The SMILES string of the molecule is COc1ccc(Cl)cc1CN(C)C(=O)c1cccc(Cl)c1. The Labute approximate surface area is 134 Å². The van der Waals surface area contributed by atoms with Crippen LogP contribution in [0, 0.1) is 0 Å². The van der Waals surface area contributed by atoms with E-state index in [1.807, 2.05) is 0 Å². The normalized spacial score (nSPS) is 10.3. The molecule has 3 nitrogen and oxygen atoms in total. The van der Waals surface area contributed by atoms with Crippen LogP contribution >= 0.6 is 23.2 Å². The molecule has 2 rings (SSSR count). The lowest BCUT2D eigenvalue weighted by molar-refractivity contribution is 0.0784. The zero-order valence-electron chi connectivity index (χ0n) is 11.8. The fourth-order valence-corrected chi connectivity index (χ4v) is 2.42. The summed E-state index contributed by atoms with van der Waals surface area (Å²) in [6, 6.07) is 12.2. The predicted molar refractivity (Wildman–Crippen MR) is 85.3 cm³/mol. The summed E-state index contributed by atoms with van der Waals surface area (Å²) < 4.78 is 5.29. The Morgan fingerprint density at radius 3 is 2.52 bits per heavy atom. The van der Waals surface area contributed by atoms with E-state index in [-0.39, 0.29) is 5.91 Å². The largest absolute Gasteiger partial charge is 0.496 e. The topological polar surface area (TPSA) is 29.5 Å². The van der Waals surface area contributed by atoms with E-state index in [0.717, 1.165) is 5.56 Å². The first-order valence-electron chi connectivity index (χ1n) is 6.34. The Kier molecular flexibility index (Phi) is 5.10. The molecule has 0 aliphatic rings. The highest BCUT2D eigenvalue weighted by atomic mass is 35.5. The van der Waals surface area contributed by atoms with Gasteiger partial charge >= 0.3 is 0 Å². The van der Waals surface area contributed by atoms with Gasteiger partial charge in [-0.25, -0.2) is 0 Å². The van der Waals surface area contributed by atoms with Gasteiger partial charge in [0.1, 0.15) is 5.75 Å². The third kappa shape index (κ3) is 3.90. The van der Waals surface area contributed by atoms with E-state index >= 15 is 0 Å². The van der Waals surface area contributed by atoms with Gasteiger partial charge in [0, 0.05) is 34.8 Å². The van der Waals surface area contributed by atoms with Crippen LogP contribution in [0.1, 0.15) is 15.9 Å². The summed E-state index contributed by atoms with van der Waals surface area (Å²) in [4.78, 5) is 14.0. The van der Waals surface area contributed by atoms with Crippen LogP contribution in [0.3, 0.4) is 0 Å². The summed E-state index contributed by atoms with van der Waals surface area (Å²) in [5.74, 6) is 0.588. The molecule has 2 aromatic carbocycles. The second-order valence-electron chi connectivity index (χ2n) is 4.63. The van der Waals surface area contributed by atoms with Gasteiger partial charge in [0.2, 0.25) is 0 Å². The fraction of sp³-hybridized carbons (Fsp3) is 0.188. The van der Waals surface area contributed by atoms with Crippen LogP contribution in [-0.4, -0.2) is 25.0 Å². The lowest BCUT2D eigenvalue weighted by Gasteiger charge is -2.19. The van der Waals surface area contributed by atoms with Crippen molar-refractivity contribution in [3.63, 3.8) is 0 Å². The highest BCUT2D eigenvalue weighted by molar-refractivity contribution is 6.31. The lowest BCUT2D eigenvalue weighted by Crippen LogP contribution is -2.26. The van der Waals surface area contributed by atoms with Crippen LogP contribution in [0.4, 0.5) is 0 Å². The number of ether oxygens (including phenoxy) is 1. The maximum absolute atomic E-state index is 12.4. The molecule has 0 N–H and O–H groups in total. The molecule has 2 aromatic rings. The smallest absolute Gasteiger partial charge is 0.253 e. The maximum Gasteiger partial charge on any atom is 0.253 e. The van der Waals surface area contributed by atoms with E-state index in [1.54, 1.807) is 61.5 Å². The highest BCUT2D eigenvalue weighted by Gasteiger charge is 2.14. The predicted octanol–water partition coefficient (Wildman–Crippen LogP) is 4.27. The van der Waals surface area contributed by atoms with Crippen molar-refractivity contribution in [1.82, 2.24) is 4.90 Å². The van der Waals surface area contributed by atoms with Crippen molar-refractivity contribution in [3.8, 4) is 5.75 Å². The number of hydrogen-bond acceptors (Lipinski definition) is 2. The molecule has 0 aliphatic carbocycles. The molecule has 0 unspecified atom stereocenters. The number of carbonyl (C=O) groups is 1. The number of hydrogen-bond donors (Lipinski definition) is 0. The molecular formula is C16H15Cl2NO2. The summed E-state index contributed by atoms with van der Waals surface area (Å²) in [6.45, 7) is 0.398. The molecule has 0 fully saturated rings. The minimum absolute atomic E-state index is 0.112. The molecule has 0 spiro atoms. The van der Waals surface area contributed by atoms with Crippen molar-refractivity contribution in [3.05, 3.63) is 63.6 Å². The lowest BCUT2D eigenvalue weighted by atomic mass is 10.1. The summed E-state index contributed by atoms with van der Waals surface area (Å²) in [7, 11) is 3.31. The summed E-state index contributed by atoms with van der Waals surface area (Å²) in [5.41, 5.74) is 1.40. The van der Waals surface area contributed by atoms with Crippen molar-refractivity contribution in [2.24, 2.45) is 0 Å². The molecule has 0 atom stereocenters. The summed E-state index contributed by atoms with van der Waals surface area (Å²) in [6.07, 6.45) is 0. The number of amides is 1. The van der Waals surface area contributed by atoms with Crippen molar-refractivity contribution in [1.29, 1.82) is 0 Å². The van der Waals surface area contributed by atoms with E-state index in [1.165, 1.54) is 0 Å². The fourth-order valence-electron chi connectivity index (χ4n) is 2.04. The Morgan fingerprint density at radius 1 is 1.14 bits per heavy atom. The van der Waals surface area contributed by atoms with Crippen LogP contribution in [0.15, 0.2) is 42.5 Å². The number of benzene rings is 2. The summed E-state index contributed by atoms with van der Waals surface area (Å²) >= 11 is 11.9. The van der Waals surface area contributed by atoms with Crippen molar-refractivity contribution < 1.29 is 9.53 Å². The van der Waals surface area contributed by atoms with Crippen LogP contribution in [0.2, 0.25) is 10.0 Å². The Hall–Kier alpha value is -1.71. The Balaban J connectivity index is 2.19. The molecule has 0 saturated heterocycles. The number of nitrogens with zero attached hydrogens (tertiary/aromatic N) is 1. The maximum atomic E-state index is 12.4. The first-order chi connectivity index (χ1) is 10.0. The van der Waals surface area contributed by atoms with Gasteiger partial charge < -0.3 is 9.64 Å². The van der Waals surface area contributed by atoms with Crippen molar-refractivity contribution >= 4 is 29.1 Å². The number of methoxy groups -OCH3 is 1. The number of carbonyl (C=O) groups excluding carboxylic acids is 1. The van der Waals surface area contributed by atoms with Gasteiger partial charge in [0.15, 0.2) is 0 Å². The Morgan fingerprint density at radius 2 is 1.86 bits per heavy atom. The molecule has 5 heteroatoms. The van der Waals surface area contributed by atoms with E-state index in [4.69, 9.17) is 27.9 Å². The zero-order chi connectivity index (χ0) is 15.4. The van der Waals surface area contributed by atoms with Gasteiger partial charge in [-0.05, 0) is 36.4 Å². The minimum atomic E-state index is -0.112. The average molecular weight is 324 g/mol. The zero-order valence-corrected chi connectivity index (χ0v) is 13.3. The average Bonchev–Trinajstić information content (AvgIpc) is 2.46. The van der Waals surface area contributed by atoms with Gasteiger partial charge in [-0.1, -0.05) is 29.3 Å². The van der Waals surface area contributed by atoms with Gasteiger partial charge in [-0.3, -0.25) is 4.79 Å². The monoisotopic (exact) mass is 323 g/mol. The van der Waals surface area contributed by atoms with Crippen molar-refractivity contribution in [2.75, 3.05) is 14.2 Å². The van der Waals surface area contributed by atoms with Crippen LogP contribution < -0.4 is 4.74 Å². The van der Waals surface area contributed by atoms with E-state index < -0.39 is 0 Å². The molecule has 1 amide bonds. The quantitative estimate of drug-likeness (QED) is 0.840. The molecule has 21 heavy (non-hydrogen) atoms.